The SMILES string of the molecule is COc1cc(OC)cc(C(=CC#N)c2ccc(O)c(OC)c2)c1.COc1cc(OC)cc(C(=CC(C)=O)c2ccc(OC)c(OC)c2)c1.COc1cccc(C(=CC#N)c2cc(OC)cc(OC)c2)c1. The van der Waals surface area contributed by atoms with Crippen LogP contribution in [0.1, 0.15) is 40.3 Å². The number of benzene rings is 6. The lowest BCUT2D eigenvalue weighted by atomic mass is 9.96. The Hall–Kier alpha value is -9.01. The van der Waals surface area contributed by atoms with Gasteiger partial charge >= 0.3 is 0 Å². The zero-order chi connectivity index (χ0) is 51.2. The molecule has 0 aliphatic rings. The van der Waals surface area contributed by atoms with Gasteiger partial charge in [0.2, 0.25) is 0 Å². The van der Waals surface area contributed by atoms with Gasteiger partial charge in [-0.3, -0.25) is 4.79 Å². The summed E-state index contributed by atoms with van der Waals surface area (Å²) in [6.07, 6.45) is 4.51. The Kier molecular flexibility index (Phi) is 20.6. The van der Waals surface area contributed by atoms with Crippen LogP contribution in [0.3, 0.4) is 0 Å². The molecule has 362 valence electrons. The van der Waals surface area contributed by atoms with E-state index in [4.69, 9.17) is 57.9 Å². The Balaban J connectivity index is 0.000000229. The van der Waals surface area contributed by atoms with Crippen LogP contribution in [0, 0.1) is 22.7 Å². The van der Waals surface area contributed by atoms with Crippen LogP contribution in [-0.4, -0.2) is 82.0 Å². The molecule has 0 bridgehead atoms. The van der Waals surface area contributed by atoms with Crippen LogP contribution in [0.4, 0.5) is 0 Å². The van der Waals surface area contributed by atoms with E-state index in [2.05, 4.69) is 6.07 Å². The molecule has 6 aromatic carbocycles. The van der Waals surface area contributed by atoms with Gasteiger partial charge < -0.3 is 52.5 Å². The maximum atomic E-state index is 11.8. The van der Waals surface area contributed by atoms with Gasteiger partial charge in [0.05, 0.1) is 83.2 Å². The Labute approximate surface area is 409 Å². The van der Waals surface area contributed by atoms with E-state index in [0.717, 1.165) is 50.3 Å². The van der Waals surface area contributed by atoms with E-state index in [1.165, 1.54) is 32.3 Å². The van der Waals surface area contributed by atoms with Crippen molar-refractivity contribution in [2.24, 2.45) is 0 Å². The number of hydrogen-bond acceptors (Lipinski definition) is 14. The summed E-state index contributed by atoms with van der Waals surface area (Å²) in [7, 11) is 15.7. The zero-order valence-corrected chi connectivity index (χ0v) is 41.0. The summed E-state index contributed by atoms with van der Waals surface area (Å²) >= 11 is 0. The number of phenolic OH excluding ortho intramolecular Hbond substituents is 1. The molecule has 14 heteroatoms. The van der Waals surface area contributed by atoms with Gasteiger partial charge in [-0.1, -0.05) is 24.3 Å². The highest BCUT2D eigenvalue weighted by Crippen LogP contribution is 2.37. The molecule has 0 amide bonds. The summed E-state index contributed by atoms with van der Waals surface area (Å²) in [6.45, 7) is 1.51. The highest BCUT2D eigenvalue weighted by atomic mass is 16.5. The van der Waals surface area contributed by atoms with Crippen molar-refractivity contribution in [3.8, 4) is 75.4 Å². The van der Waals surface area contributed by atoms with E-state index in [1.54, 1.807) is 106 Å². The minimum atomic E-state index is -0.0634. The molecule has 0 aromatic heterocycles. The Morgan fingerprint density at radius 2 is 0.757 bits per heavy atom. The number of nitriles is 2. The molecule has 14 nitrogen and oxygen atoms in total. The molecular weight excluding hydrogens is 893 g/mol. The van der Waals surface area contributed by atoms with Gasteiger partial charge in [-0.05, 0) is 136 Å². The first-order chi connectivity index (χ1) is 33.8. The lowest BCUT2D eigenvalue weighted by molar-refractivity contribution is -0.112. The molecule has 1 N–H and O–H groups in total. The van der Waals surface area contributed by atoms with Gasteiger partial charge in [0, 0.05) is 30.4 Å². The zero-order valence-electron chi connectivity index (χ0n) is 41.0. The van der Waals surface area contributed by atoms with Gasteiger partial charge in [-0.2, -0.15) is 10.5 Å². The van der Waals surface area contributed by atoms with E-state index in [1.807, 2.05) is 78.9 Å². The molecule has 70 heavy (non-hydrogen) atoms. The third kappa shape index (κ3) is 14.5. The number of ether oxygens (including phenoxy) is 10. The fraction of sp³-hybridized carbons (Fsp3) is 0.196. The second-order valence-corrected chi connectivity index (χ2v) is 14.5. The molecule has 0 atom stereocenters. The lowest BCUT2D eigenvalue weighted by Gasteiger charge is -2.14. The largest absolute Gasteiger partial charge is 0.504 e. The van der Waals surface area contributed by atoms with Crippen molar-refractivity contribution in [1.82, 2.24) is 0 Å². The summed E-state index contributed by atoms with van der Waals surface area (Å²) in [6, 6.07) is 38.5. The van der Waals surface area contributed by atoms with Crippen molar-refractivity contribution >= 4 is 22.5 Å². The number of methoxy groups -OCH3 is 10. The second kappa shape index (κ2) is 27.0. The number of aromatic hydroxyl groups is 1. The molecule has 6 rings (SSSR count). The number of ketones is 1. The smallest absolute Gasteiger partial charge is 0.161 e. The predicted octanol–water partition coefficient (Wildman–Crippen LogP) is 10.8. The first-order valence-corrected chi connectivity index (χ1v) is 21.2. The summed E-state index contributed by atoms with van der Waals surface area (Å²) < 4.78 is 52.8. The predicted molar refractivity (Wildman–Crippen MR) is 269 cm³/mol. The van der Waals surface area contributed by atoms with Gasteiger partial charge in [0.15, 0.2) is 28.8 Å². The number of hydrogen-bond donors (Lipinski definition) is 1. The first kappa shape index (κ1) is 53.6. The molecule has 0 aliphatic carbocycles. The van der Waals surface area contributed by atoms with Crippen molar-refractivity contribution < 1.29 is 57.3 Å². The van der Waals surface area contributed by atoms with Crippen LogP contribution >= 0.6 is 0 Å². The summed E-state index contributed by atoms with van der Waals surface area (Å²) in [5.41, 5.74) is 7.03. The van der Waals surface area contributed by atoms with Crippen molar-refractivity contribution in [2.75, 3.05) is 71.1 Å². The molecule has 0 heterocycles. The minimum Gasteiger partial charge on any atom is -0.504 e. The first-order valence-electron chi connectivity index (χ1n) is 21.2. The van der Waals surface area contributed by atoms with Gasteiger partial charge in [0.1, 0.15) is 40.2 Å². The van der Waals surface area contributed by atoms with Crippen molar-refractivity contribution in [1.29, 1.82) is 10.5 Å². The number of carbonyl (C=O) groups excluding carboxylic acids is 1. The highest BCUT2D eigenvalue weighted by molar-refractivity contribution is 5.99. The molecule has 0 fully saturated rings. The highest BCUT2D eigenvalue weighted by Gasteiger charge is 2.15. The van der Waals surface area contributed by atoms with E-state index in [-0.39, 0.29) is 11.5 Å². The van der Waals surface area contributed by atoms with E-state index in [9.17, 15) is 9.90 Å². The normalized spacial score (nSPS) is 10.8. The van der Waals surface area contributed by atoms with Crippen molar-refractivity contribution in [3.63, 3.8) is 0 Å². The topological polar surface area (TPSA) is 177 Å². The molecule has 0 saturated carbocycles. The Morgan fingerprint density at radius 3 is 1.14 bits per heavy atom. The van der Waals surface area contributed by atoms with Gasteiger partial charge in [-0.15, -0.1) is 0 Å². The molecule has 6 aromatic rings. The second-order valence-electron chi connectivity index (χ2n) is 14.5. The fourth-order valence-electron chi connectivity index (χ4n) is 6.86. The minimum absolute atomic E-state index is 0.0378. The number of carbonyl (C=O) groups is 1. The van der Waals surface area contributed by atoms with E-state index < -0.39 is 0 Å². The van der Waals surface area contributed by atoms with Crippen LogP contribution in [0.5, 0.6) is 63.2 Å². The van der Waals surface area contributed by atoms with Crippen LogP contribution in [-0.2, 0) is 4.79 Å². The number of nitrogens with zero attached hydrogens (tertiary/aromatic N) is 2. The van der Waals surface area contributed by atoms with E-state index in [0.29, 0.717) is 57.3 Å². The van der Waals surface area contributed by atoms with Crippen LogP contribution in [0.15, 0.2) is 133 Å². The fourth-order valence-corrected chi connectivity index (χ4v) is 6.86. The monoisotopic (exact) mass is 948 g/mol. The van der Waals surface area contributed by atoms with E-state index >= 15 is 0 Å². The molecule has 0 radical (unpaired) electrons. The molecule has 0 saturated heterocycles. The summed E-state index contributed by atoms with van der Waals surface area (Å²) in [4.78, 5) is 11.8. The van der Waals surface area contributed by atoms with Crippen LogP contribution < -0.4 is 47.4 Å². The van der Waals surface area contributed by atoms with Crippen molar-refractivity contribution in [3.05, 3.63) is 167 Å². The molecule has 0 unspecified atom stereocenters. The molecule has 0 spiro atoms. The molecule has 0 aliphatic heterocycles. The lowest BCUT2D eigenvalue weighted by Crippen LogP contribution is -1.97. The van der Waals surface area contributed by atoms with Crippen LogP contribution in [0.2, 0.25) is 0 Å². The maximum Gasteiger partial charge on any atom is 0.161 e. The van der Waals surface area contributed by atoms with Crippen molar-refractivity contribution in [2.45, 2.75) is 6.92 Å². The summed E-state index contributed by atoms with van der Waals surface area (Å²) in [5.74, 6) is 6.11. The maximum absolute atomic E-state index is 11.8. The Bertz CT molecular complexity index is 2860. The number of allylic oxidation sites excluding steroid dienone is 3. The van der Waals surface area contributed by atoms with Gasteiger partial charge in [-0.25, -0.2) is 0 Å². The number of phenols is 1. The quantitative estimate of drug-likeness (QED) is 0.0674. The van der Waals surface area contributed by atoms with Crippen LogP contribution in [0.25, 0.3) is 16.7 Å². The third-order valence-corrected chi connectivity index (χ3v) is 10.3. The Morgan fingerprint density at radius 1 is 0.400 bits per heavy atom. The molecular formula is C56H56N2O12. The standard InChI is InChI=1S/C20H22O5.C18H17NO4.C18H17NO3/c1-13(21)8-18(14-6-7-19(24-4)20(11-14)25-5)15-9-16(22-2)12-17(10-15)23-3;1-21-14-8-13(9-15(11-14)22-2)16(6-7-19)12-4-5-17(20)18(10-12)23-3;1-20-15-6-4-5-13(9-15)18(7-8-19)14-10-16(21-2)12-17(11-14)22-3/h6-12H,1-5H3;4-6,8-11,20H,1-3H3;4-7,9-12H,1-3H3. The van der Waals surface area contributed by atoms with Gasteiger partial charge in [0.25, 0.3) is 0 Å². The average molecular weight is 949 g/mol. The third-order valence-electron chi connectivity index (χ3n) is 10.3. The number of rotatable bonds is 17. The summed E-state index contributed by atoms with van der Waals surface area (Å²) in [5, 5.41) is 28.0. The average Bonchev–Trinajstić information content (AvgIpc) is 3.40.